The number of likely N-dealkylation sites (N-methyl/N-ethyl adjacent to an activating group) is 2. The Balaban J connectivity index is 2.72. The minimum Gasteiger partial charge on any atom is -0.392 e. The first-order valence-electron chi connectivity index (χ1n) is 5.76. The van der Waals surface area contributed by atoms with Crippen molar-refractivity contribution in [3.05, 3.63) is 29.3 Å². The lowest BCUT2D eigenvalue weighted by Crippen LogP contribution is -2.34. The smallest absolute Gasteiger partial charge is 0.239 e. The zero-order chi connectivity index (χ0) is 12.8. The molecule has 0 fully saturated rings. The second kappa shape index (κ2) is 6.25. The van der Waals surface area contributed by atoms with Crippen LogP contribution >= 0.6 is 0 Å². The van der Waals surface area contributed by atoms with E-state index in [1.807, 2.05) is 44.0 Å². The van der Waals surface area contributed by atoms with Gasteiger partial charge in [-0.05, 0) is 37.1 Å². The van der Waals surface area contributed by atoms with Gasteiger partial charge < -0.3 is 15.3 Å². The highest BCUT2D eigenvalue weighted by Crippen LogP contribution is 2.17. The van der Waals surface area contributed by atoms with E-state index in [0.717, 1.165) is 16.8 Å². The molecular formula is C13H20N2O2. The van der Waals surface area contributed by atoms with E-state index in [-0.39, 0.29) is 12.5 Å². The third-order valence-corrected chi connectivity index (χ3v) is 2.69. The first kappa shape index (κ1) is 13.5. The molecule has 0 unspecified atom stereocenters. The molecule has 0 heterocycles. The van der Waals surface area contributed by atoms with E-state index in [4.69, 9.17) is 5.11 Å². The van der Waals surface area contributed by atoms with Crippen molar-refractivity contribution in [1.82, 2.24) is 5.32 Å². The maximum atomic E-state index is 11.4. The lowest BCUT2D eigenvalue weighted by molar-refractivity contribution is -0.119. The van der Waals surface area contributed by atoms with E-state index in [1.54, 1.807) is 0 Å². The van der Waals surface area contributed by atoms with Crippen LogP contribution in [0.2, 0.25) is 0 Å². The predicted octanol–water partition coefficient (Wildman–Crippen LogP) is 1.06. The summed E-state index contributed by atoms with van der Waals surface area (Å²) in [5.74, 6) is 0.0129. The number of nitrogens with zero attached hydrogens (tertiary/aromatic N) is 1. The zero-order valence-electron chi connectivity index (χ0n) is 10.7. The van der Waals surface area contributed by atoms with Gasteiger partial charge in [-0.2, -0.15) is 0 Å². The fraction of sp³-hybridized carbons (Fsp3) is 0.462. The molecule has 0 aliphatic carbocycles. The van der Waals surface area contributed by atoms with Crippen LogP contribution in [0.5, 0.6) is 0 Å². The number of rotatable bonds is 5. The number of carbonyl (C=O) groups excluding carboxylic acids is 1. The molecule has 0 aromatic heterocycles. The number of hydrogen-bond donors (Lipinski definition) is 2. The van der Waals surface area contributed by atoms with Gasteiger partial charge in [0.25, 0.3) is 0 Å². The van der Waals surface area contributed by atoms with Gasteiger partial charge in [-0.15, -0.1) is 0 Å². The molecule has 0 aliphatic rings. The summed E-state index contributed by atoms with van der Waals surface area (Å²) < 4.78 is 0. The molecule has 0 radical (unpaired) electrons. The summed E-state index contributed by atoms with van der Waals surface area (Å²) in [6.07, 6.45) is 0. The van der Waals surface area contributed by atoms with E-state index < -0.39 is 0 Å². The summed E-state index contributed by atoms with van der Waals surface area (Å²) in [7, 11) is 1.88. The molecule has 2 N–H and O–H groups in total. The number of aliphatic hydroxyl groups excluding tert-OH is 1. The average molecular weight is 236 g/mol. The molecular weight excluding hydrogens is 216 g/mol. The lowest BCUT2D eigenvalue weighted by Gasteiger charge is -2.19. The van der Waals surface area contributed by atoms with Crippen LogP contribution in [0.1, 0.15) is 18.1 Å². The number of amides is 1. The summed E-state index contributed by atoms with van der Waals surface area (Å²) in [5, 5.41) is 11.8. The van der Waals surface area contributed by atoms with Gasteiger partial charge in [0.2, 0.25) is 5.91 Å². The maximum Gasteiger partial charge on any atom is 0.239 e. The summed E-state index contributed by atoms with van der Waals surface area (Å²) in [6.45, 7) is 4.89. The van der Waals surface area contributed by atoms with Crippen LogP contribution in [0.25, 0.3) is 0 Å². The number of nitrogens with one attached hydrogen (secondary N) is 1. The highest BCUT2D eigenvalue weighted by atomic mass is 16.3. The van der Waals surface area contributed by atoms with Crippen LogP contribution in [0.3, 0.4) is 0 Å². The third kappa shape index (κ3) is 3.75. The Kier molecular flexibility index (Phi) is 4.97. The Morgan fingerprint density at radius 3 is 2.71 bits per heavy atom. The summed E-state index contributed by atoms with van der Waals surface area (Å²) >= 11 is 0. The van der Waals surface area contributed by atoms with Gasteiger partial charge in [-0.3, -0.25) is 4.79 Å². The monoisotopic (exact) mass is 236 g/mol. The van der Waals surface area contributed by atoms with E-state index >= 15 is 0 Å². The van der Waals surface area contributed by atoms with Gasteiger partial charge in [-0.25, -0.2) is 0 Å². The largest absolute Gasteiger partial charge is 0.392 e. The Morgan fingerprint density at radius 1 is 1.47 bits per heavy atom. The van der Waals surface area contributed by atoms with E-state index in [1.165, 1.54) is 0 Å². The quantitative estimate of drug-likeness (QED) is 0.803. The number of hydrogen-bond acceptors (Lipinski definition) is 3. The molecule has 0 aliphatic heterocycles. The molecule has 0 bridgehead atoms. The standard InChI is InChI=1S/C13H20N2O2/c1-4-14-13(17)8-15(3)12-6-5-11(9-16)10(2)7-12/h5-7,16H,4,8-9H2,1-3H3,(H,14,17). The van der Waals surface area contributed by atoms with Crippen LogP contribution in [-0.4, -0.2) is 31.2 Å². The van der Waals surface area contributed by atoms with Crippen molar-refractivity contribution < 1.29 is 9.90 Å². The highest BCUT2D eigenvalue weighted by molar-refractivity contribution is 5.81. The van der Waals surface area contributed by atoms with Crippen molar-refractivity contribution in [2.24, 2.45) is 0 Å². The van der Waals surface area contributed by atoms with Crippen LogP contribution in [0.4, 0.5) is 5.69 Å². The lowest BCUT2D eigenvalue weighted by atomic mass is 10.1. The zero-order valence-corrected chi connectivity index (χ0v) is 10.7. The Hall–Kier alpha value is -1.55. The molecule has 17 heavy (non-hydrogen) atoms. The first-order chi connectivity index (χ1) is 8.08. The van der Waals surface area contributed by atoms with Crippen LogP contribution in [0.15, 0.2) is 18.2 Å². The van der Waals surface area contributed by atoms with E-state index in [0.29, 0.717) is 13.1 Å². The molecule has 1 amide bonds. The van der Waals surface area contributed by atoms with Crippen molar-refractivity contribution in [2.45, 2.75) is 20.5 Å². The average Bonchev–Trinajstić information content (AvgIpc) is 2.29. The van der Waals surface area contributed by atoms with Crippen LogP contribution < -0.4 is 10.2 Å². The number of aryl methyl sites for hydroxylation is 1. The van der Waals surface area contributed by atoms with Crippen molar-refractivity contribution >= 4 is 11.6 Å². The molecule has 0 atom stereocenters. The van der Waals surface area contributed by atoms with Gasteiger partial charge >= 0.3 is 0 Å². The normalized spacial score (nSPS) is 10.1. The fourth-order valence-corrected chi connectivity index (χ4v) is 1.65. The number of aliphatic hydroxyl groups is 1. The maximum absolute atomic E-state index is 11.4. The minimum absolute atomic E-state index is 0.0129. The van der Waals surface area contributed by atoms with Crippen molar-refractivity contribution in [3.63, 3.8) is 0 Å². The Bertz CT molecular complexity index is 391. The molecule has 4 nitrogen and oxygen atoms in total. The second-order valence-corrected chi connectivity index (χ2v) is 4.08. The number of anilines is 1. The number of carbonyl (C=O) groups is 1. The SMILES string of the molecule is CCNC(=O)CN(C)c1ccc(CO)c(C)c1. The Morgan fingerprint density at radius 2 is 2.18 bits per heavy atom. The molecule has 94 valence electrons. The van der Waals surface area contributed by atoms with E-state index in [2.05, 4.69) is 5.32 Å². The summed E-state index contributed by atoms with van der Waals surface area (Å²) in [5.41, 5.74) is 2.93. The summed E-state index contributed by atoms with van der Waals surface area (Å²) in [4.78, 5) is 13.3. The number of benzene rings is 1. The van der Waals surface area contributed by atoms with Crippen molar-refractivity contribution in [3.8, 4) is 0 Å². The fourth-order valence-electron chi connectivity index (χ4n) is 1.65. The second-order valence-electron chi connectivity index (χ2n) is 4.08. The van der Waals surface area contributed by atoms with Gasteiger partial charge in [0.15, 0.2) is 0 Å². The molecule has 1 aromatic rings. The van der Waals surface area contributed by atoms with Gasteiger partial charge in [0.1, 0.15) is 0 Å². The topological polar surface area (TPSA) is 52.6 Å². The molecule has 0 spiro atoms. The van der Waals surface area contributed by atoms with Crippen molar-refractivity contribution in [2.75, 3.05) is 25.0 Å². The molecule has 1 rings (SSSR count). The third-order valence-electron chi connectivity index (χ3n) is 2.69. The molecule has 0 saturated heterocycles. The van der Waals surface area contributed by atoms with Gasteiger partial charge in [0.05, 0.1) is 13.2 Å². The first-order valence-corrected chi connectivity index (χ1v) is 5.76. The van der Waals surface area contributed by atoms with Gasteiger partial charge in [-0.1, -0.05) is 6.07 Å². The summed E-state index contributed by atoms with van der Waals surface area (Å²) in [6, 6.07) is 5.78. The van der Waals surface area contributed by atoms with Crippen LogP contribution in [-0.2, 0) is 11.4 Å². The van der Waals surface area contributed by atoms with E-state index in [9.17, 15) is 4.79 Å². The molecule has 4 heteroatoms. The van der Waals surface area contributed by atoms with Crippen LogP contribution in [0, 0.1) is 6.92 Å². The molecule has 0 saturated carbocycles. The van der Waals surface area contributed by atoms with Gasteiger partial charge in [0, 0.05) is 19.3 Å². The minimum atomic E-state index is 0.0129. The van der Waals surface area contributed by atoms with Crippen molar-refractivity contribution in [1.29, 1.82) is 0 Å². The predicted molar refractivity (Wildman–Crippen MR) is 69.1 cm³/mol. The molecule has 1 aromatic carbocycles. The highest BCUT2D eigenvalue weighted by Gasteiger charge is 2.07. The Labute approximate surface area is 102 Å².